The summed E-state index contributed by atoms with van der Waals surface area (Å²) in [5, 5.41) is 3.00. The maximum absolute atomic E-state index is 12.2. The molecule has 0 atom stereocenters. The number of nitrogens with one attached hydrogen (secondary N) is 1. The lowest BCUT2D eigenvalue weighted by atomic mass is 10.0. The van der Waals surface area contributed by atoms with Crippen molar-refractivity contribution >= 4 is 11.6 Å². The second-order valence-corrected chi connectivity index (χ2v) is 5.88. The third-order valence-corrected chi connectivity index (χ3v) is 3.25. The van der Waals surface area contributed by atoms with Crippen LogP contribution in [0.1, 0.15) is 31.7 Å². The quantitative estimate of drug-likeness (QED) is 0.457. The van der Waals surface area contributed by atoms with Gasteiger partial charge >= 0.3 is 6.18 Å². The van der Waals surface area contributed by atoms with Gasteiger partial charge in [-0.2, -0.15) is 13.2 Å². The van der Waals surface area contributed by atoms with Crippen LogP contribution in [0.15, 0.2) is 29.3 Å². The summed E-state index contributed by atoms with van der Waals surface area (Å²) in [6.45, 7) is 4.00. The lowest BCUT2D eigenvalue weighted by molar-refractivity contribution is -0.143. The first-order valence-electron chi connectivity index (χ1n) is 7.59. The van der Waals surface area contributed by atoms with E-state index in [0.717, 1.165) is 5.69 Å². The number of hydrogen-bond acceptors (Lipinski definition) is 2. The Labute approximate surface area is 135 Å². The molecule has 0 aliphatic heterocycles. The van der Waals surface area contributed by atoms with E-state index in [9.17, 15) is 13.2 Å². The van der Waals surface area contributed by atoms with E-state index in [2.05, 4.69) is 24.2 Å². The Kier molecular flexibility index (Phi) is 7.35. The molecule has 1 rings (SSSR count). The highest BCUT2D eigenvalue weighted by molar-refractivity contribution is 5.92. The first-order valence-corrected chi connectivity index (χ1v) is 7.59. The second kappa shape index (κ2) is 8.76. The molecule has 130 valence electrons. The molecule has 0 spiro atoms. The van der Waals surface area contributed by atoms with E-state index in [-0.39, 0.29) is 5.96 Å². The third kappa shape index (κ3) is 8.44. The van der Waals surface area contributed by atoms with Gasteiger partial charge in [0.1, 0.15) is 0 Å². The first kappa shape index (κ1) is 19.3. The van der Waals surface area contributed by atoms with Crippen LogP contribution in [-0.2, 0) is 0 Å². The number of alkyl halides is 3. The van der Waals surface area contributed by atoms with Gasteiger partial charge < -0.3 is 11.1 Å². The zero-order valence-corrected chi connectivity index (χ0v) is 13.8. The monoisotopic (exact) mass is 330 g/mol. The van der Waals surface area contributed by atoms with Gasteiger partial charge in [0.2, 0.25) is 0 Å². The summed E-state index contributed by atoms with van der Waals surface area (Å²) < 4.78 is 36.5. The van der Waals surface area contributed by atoms with Gasteiger partial charge in [0.05, 0.1) is 6.54 Å². The molecule has 0 heterocycles. The fourth-order valence-corrected chi connectivity index (χ4v) is 2.09. The summed E-state index contributed by atoms with van der Waals surface area (Å²) in [4.78, 5) is 5.37. The minimum atomic E-state index is -4.17. The fraction of sp³-hybridized carbons (Fsp3) is 0.562. The van der Waals surface area contributed by atoms with E-state index in [1.165, 1.54) is 17.5 Å². The summed E-state index contributed by atoms with van der Waals surface area (Å²) >= 11 is 0. The third-order valence-electron chi connectivity index (χ3n) is 3.25. The number of guanidine groups is 1. The summed E-state index contributed by atoms with van der Waals surface area (Å²) in [6.07, 6.45) is -3.65. The van der Waals surface area contributed by atoms with Crippen LogP contribution in [0.3, 0.4) is 0 Å². The van der Waals surface area contributed by atoms with E-state index in [1.54, 1.807) is 0 Å². The number of hydrogen-bond donors (Lipinski definition) is 2. The Morgan fingerprint density at radius 2 is 2.04 bits per heavy atom. The Bertz CT molecular complexity index is 512. The molecule has 0 aromatic heterocycles. The van der Waals surface area contributed by atoms with Crippen molar-refractivity contribution in [3.05, 3.63) is 29.8 Å². The maximum atomic E-state index is 12.2. The molecular formula is C16H25F3N4. The Hall–Kier alpha value is -1.76. The van der Waals surface area contributed by atoms with Crippen LogP contribution in [0.4, 0.5) is 18.9 Å². The van der Waals surface area contributed by atoms with E-state index in [1.807, 2.05) is 24.3 Å². The van der Waals surface area contributed by atoms with Crippen LogP contribution in [0.5, 0.6) is 0 Å². The molecule has 0 amide bonds. The Morgan fingerprint density at radius 3 is 2.65 bits per heavy atom. The van der Waals surface area contributed by atoms with Gasteiger partial charge in [0.25, 0.3) is 0 Å². The van der Waals surface area contributed by atoms with Crippen molar-refractivity contribution in [2.75, 3.05) is 32.0 Å². The summed E-state index contributed by atoms with van der Waals surface area (Å²) in [6, 6.07) is 7.88. The van der Waals surface area contributed by atoms with E-state index in [0.29, 0.717) is 25.4 Å². The van der Waals surface area contributed by atoms with Crippen molar-refractivity contribution in [1.29, 1.82) is 0 Å². The largest absolute Gasteiger partial charge is 0.401 e. The van der Waals surface area contributed by atoms with Crippen LogP contribution in [-0.4, -0.2) is 43.7 Å². The smallest absolute Gasteiger partial charge is 0.370 e. The predicted molar refractivity (Wildman–Crippen MR) is 88.8 cm³/mol. The highest BCUT2D eigenvalue weighted by atomic mass is 19.4. The highest BCUT2D eigenvalue weighted by Crippen LogP contribution is 2.18. The molecule has 4 nitrogen and oxygen atoms in total. The minimum absolute atomic E-state index is 0.268. The standard InChI is InChI=1S/C16H25F3N4/c1-12(2)13-6-4-7-14(10-13)22-15(20)21-8-5-9-23(3)11-16(17,18)19/h4,6-7,10,12H,5,8-9,11H2,1-3H3,(H3,20,21,22). The summed E-state index contributed by atoms with van der Waals surface area (Å²) in [5.41, 5.74) is 7.84. The first-order chi connectivity index (χ1) is 10.7. The summed E-state index contributed by atoms with van der Waals surface area (Å²) in [7, 11) is 1.44. The van der Waals surface area contributed by atoms with Gasteiger partial charge in [0.15, 0.2) is 5.96 Å². The zero-order chi connectivity index (χ0) is 17.5. The van der Waals surface area contributed by atoms with E-state index in [4.69, 9.17) is 5.73 Å². The zero-order valence-electron chi connectivity index (χ0n) is 13.8. The predicted octanol–water partition coefficient (Wildman–Crippen LogP) is 3.42. The van der Waals surface area contributed by atoms with Crippen LogP contribution in [0, 0.1) is 0 Å². The average Bonchev–Trinajstić information content (AvgIpc) is 2.42. The maximum Gasteiger partial charge on any atom is 0.401 e. The van der Waals surface area contributed by atoms with Crippen molar-refractivity contribution in [3.63, 3.8) is 0 Å². The van der Waals surface area contributed by atoms with Gasteiger partial charge in [-0.3, -0.25) is 9.89 Å². The van der Waals surface area contributed by atoms with E-state index < -0.39 is 12.7 Å². The molecule has 23 heavy (non-hydrogen) atoms. The highest BCUT2D eigenvalue weighted by Gasteiger charge is 2.28. The molecule has 0 bridgehead atoms. The normalized spacial score (nSPS) is 13.0. The minimum Gasteiger partial charge on any atom is -0.370 e. The molecule has 0 radical (unpaired) electrons. The van der Waals surface area contributed by atoms with Gasteiger partial charge in [-0.15, -0.1) is 0 Å². The van der Waals surface area contributed by atoms with Crippen molar-refractivity contribution in [2.45, 2.75) is 32.4 Å². The van der Waals surface area contributed by atoms with Gasteiger partial charge in [-0.25, -0.2) is 0 Å². The van der Waals surface area contributed by atoms with Crippen LogP contribution in [0.25, 0.3) is 0 Å². The molecule has 0 saturated heterocycles. The topological polar surface area (TPSA) is 53.6 Å². The van der Waals surface area contributed by atoms with Gasteiger partial charge in [-0.05, 0) is 43.6 Å². The lowest BCUT2D eigenvalue weighted by Gasteiger charge is -2.17. The molecule has 0 unspecified atom stereocenters. The van der Waals surface area contributed by atoms with Crippen molar-refractivity contribution in [1.82, 2.24) is 4.90 Å². The number of benzene rings is 1. The molecule has 0 aliphatic carbocycles. The molecule has 3 N–H and O–H groups in total. The lowest BCUT2D eigenvalue weighted by Crippen LogP contribution is -2.32. The SMILES string of the molecule is CC(C)c1cccc(NC(N)=NCCCN(C)CC(F)(F)F)c1. The van der Waals surface area contributed by atoms with Gasteiger partial charge in [0, 0.05) is 12.2 Å². The fourth-order valence-electron chi connectivity index (χ4n) is 2.09. The molecule has 0 fully saturated rings. The molecule has 7 heteroatoms. The Balaban J connectivity index is 2.39. The number of anilines is 1. The van der Waals surface area contributed by atoms with Crippen molar-refractivity contribution in [2.24, 2.45) is 10.7 Å². The average molecular weight is 330 g/mol. The number of aliphatic imine (C=N–C) groups is 1. The number of nitrogens with zero attached hydrogens (tertiary/aromatic N) is 2. The van der Waals surface area contributed by atoms with Crippen molar-refractivity contribution < 1.29 is 13.2 Å². The molecule has 0 aliphatic rings. The van der Waals surface area contributed by atoms with Crippen LogP contribution < -0.4 is 11.1 Å². The number of halogens is 3. The second-order valence-electron chi connectivity index (χ2n) is 5.88. The van der Waals surface area contributed by atoms with E-state index >= 15 is 0 Å². The molecule has 1 aromatic carbocycles. The number of rotatable bonds is 7. The van der Waals surface area contributed by atoms with Gasteiger partial charge in [-0.1, -0.05) is 26.0 Å². The molecule has 0 saturated carbocycles. The summed E-state index contributed by atoms with van der Waals surface area (Å²) in [5.74, 6) is 0.684. The number of nitrogens with two attached hydrogens (primary N) is 1. The Morgan fingerprint density at radius 1 is 1.35 bits per heavy atom. The van der Waals surface area contributed by atoms with Crippen LogP contribution in [0.2, 0.25) is 0 Å². The molecular weight excluding hydrogens is 305 g/mol. The molecule has 1 aromatic rings. The van der Waals surface area contributed by atoms with Crippen molar-refractivity contribution in [3.8, 4) is 0 Å². The van der Waals surface area contributed by atoms with Crippen LogP contribution >= 0.6 is 0 Å².